The summed E-state index contributed by atoms with van der Waals surface area (Å²) >= 11 is 3.52. The number of rotatable bonds is 4. The second-order valence-electron chi connectivity index (χ2n) is 6.18. The van der Waals surface area contributed by atoms with Gasteiger partial charge in [-0.05, 0) is 40.9 Å². The van der Waals surface area contributed by atoms with E-state index in [1.165, 1.54) is 0 Å². The van der Waals surface area contributed by atoms with Crippen LogP contribution in [-0.4, -0.2) is 21.2 Å². The minimum atomic E-state index is -0.738. The van der Waals surface area contributed by atoms with Crippen LogP contribution in [0.1, 0.15) is 32.1 Å². The topological polar surface area (TPSA) is 70.7 Å². The van der Waals surface area contributed by atoms with Gasteiger partial charge in [0.05, 0.1) is 4.47 Å². The standard InChI is InChI=1S/C17H20BrN4O/c1-22-11-14(18)15(21-22)12-6-5-7-13(10-12)20-17(16(19)23)8-3-2-4-9-17/h5-7,10-11,19-20H,2-4,8-9H2,1H3. The van der Waals surface area contributed by atoms with Crippen molar-refractivity contribution >= 4 is 27.5 Å². The van der Waals surface area contributed by atoms with Gasteiger partial charge in [-0.1, -0.05) is 31.4 Å². The molecule has 2 aromatic rings. The summed E-state index contributed by atoms with van der Waals surface area (Å²) < 4.78 is 2.69. The predicted molar refractivity (Wildman–Crippen MR) is 93.9 cm³/mol. The van der Waals surface area contributed by atoms with Crippen LogP contribution < -0.4 is 11.1 Å². The summed E-state index contributed by atoms with van der Waals surface area (Å²) in [5.74, 6) is -0.512. The maximum atomic E-state index is 11.9. The third-order valence-corrected chi connectivity index (χ3v) is 5.03. The van der Waals surface area contributed by atoms with Gasteiger partial charge in [0.1, 0.15) is 11.2 Å². The van der Waals surface area contributed by atoms with Gasteiger partial charge in [0.25, 0.3) is 5.91 Å². The lowest BCUT2D eigenvalue weighted by molar-refractivity contribution is -0.123. The van der Waals surface area contributed by atoms with E-state index in [1.54, 1.807) is 4.68 Å². The second kappa shape index (κ2) is 6.35. The quantitative estimate of drug-likeness (QED) is 0.883. The fourth-order valence-electron chi connectivity index (χ4n) is 3.24. The zero-order chi connectivity index (χ0) is 16.4. The third kappa shape index (κ3) is 3.27. The number of amides is 1. The highest BCUT2D eigenvalue weighted by molar-refractivity contribution is 9.10. The Morgan fingerprint density at radius 1 is 1.35 bits per heavy atom. The van der Waals surface area contributed by atoms with Gasteiger partial charge in [-0.15, -0.1) is 0 Å². The summed E-state index contributed by atoms with van der Waals surface area (Å²) in [6.45, 7) is 0. The van der Waals surface area contributed by atoms with Crippen LogP contribution >= 0.6 is 15.9 Å². The summed E-state index contributed by atoms with van der Waals surface area (Å²) in [5.41, 5.74) is 9.67. The molecule has 0 aliphatic heterocycles. The van der Waals surface area contributed by atoms with E-state index in [1.807, 2.05) is 37.5 Å². The number of hydrogen-bond donors (Lipinski definition) is 1. The van der Waals surface area contributed by atoms with Crippen molar-refractivity contribution in [3.05, 3.63) is 34.9 Å². The van der Waals surface area contributed by atoms with E-state index in [-0.39, 0.29) is 0 Å². The molecule has 121 valence electrons. The number of carbonyl (C=O) groups is 1. The van der Waals surface area contributed by atoms with Gasteiger partial charge in [0, 0.05) is 24.5 Å². The molecule has 1 heterocycles. The molecule has 5 nitrogen and oxygen atoms in total. The van der Waals surface area contributed by atoms with E-state index < -0.39 is 11.4 Å². The molecule has 1 aromatic carbocycles. The molecule has 1 radical (unpaired) electrons. The Hall–Kier alpha value is -1.82. The zero-order valence-corrected chi connectivity index (χ0v) is 14.7. The molecule has 1 fully saturated rings. The van der Waals surface area contributed by atoms with E-state index in [9.17, 15) is 4.79 Å². The lowest BCUT2D eigenvalue weighted by Crippen LogP contribution is -2.48. The monoisotopic (exact) mass is 375 g/mol. The smallest absolute Gasteiger partial charge is 0.264 e. The Labute approximate surface area is 144 Å². The van der Waals surface area contributed by atoms with Crippen LogP contribution in [0.5, 0.6) is 0 Å². The number of carbonyl (C=O) groups excluding carboxylic acids is 1. The average molecular weight is 376 g/mol. The summed E-state index contributed by atoms with van der Waals surface area (Å²) in [7, 11) is 1.88. The van der Waals surface area contributed by atoms with Crippen molar-refractivity contribution < 1.29 is 4.79 Å². The van der Waals surface area contributed by atoms with Gasteiger partial charge in [-0.25, -0.2) is 0 Å². The molecule has 0 bridgehead atoms. The number of anilines is 1. The molecule has 1 aliphatic rings. The molecule has 1 saturated carbocycles. The molecule has 2 N–H and O–H groups in total. The van der Waals surface area contributed by atoms with Crippen LogP contribution in [-0.2, 0) is 11.8 Å². The van der Waals surface area contributed by atoms with Gasteiger partial charge in [0.2, 0.25) is 0 Å². The molecular weight excluding hydrogens is 356 g/mol. The highest BCUT2D eigenvalue weighted by Gasteiger charge is 2.38. The average Bonchev–Trinajstić information content (AvgIpc) is 2.87. The highest BCUT2D eigenvalue weighted by atomic mass is 79.9. The molecule has 1 amide bonds. The maximum absolute atomic E-state index is 11.9. The molecule has 0 atom stereocenters. The molecule has 0 unspecified atom stereocenters. The molecule has 3 rings (SSSR count). The Bertz CT molecular complexity index is 719. The van der Waals surface area contributed by atoms with Crippen LogP contribution in [0.2, 0.25) is 0 Å². The Kier molecular flexibility index (Phi) is 4.43. The maximum Gasteiger partial charge on any atom is 0.264 e. The molecular formula is C17H20BrN4O. The first-order valence-corrected chi connectivity index (χ1v) is 8.63. The van der Waals surface area contributed by atoms with Gasteiger partial charge >= 0.3 is 0 Å². The van der Waals surface area contributed by atoms with E-state index in [2.05, 4.69) is 26.3 Å². The summed E-state index contributed by atoms with van der Waals surface area (Å²) in [4.78, 5) is 11.9. The molecule has 1 aromatic heterocycles. The lowest BCUT2D eigenvalue weighted by atomic mass is 9.81. The van der Waals surface area contributed by atoms with E-state index in [0.29, 0.717) is 0 Å². The summed E-state index contributed by atoms with van der Waals surface area (Å²) in [5, 5.41) is 7.80. The first-order chi connectivity index (χ1) is 11.0. The van der Waals surface area contributed by atoms with Crippen LogP contribution in [0.25, 0.3) is 11.3 Å². The fourth-order valence-corrected chi connectivity index (χ4v) is 3.84. The molecule has 0 spiro atoms. The zero-order valence-electron chi connectivity index (χ0n) is 13.1. The number of nitrogens with one attached hydrogen (secondary N) is 2. The van der Waals surface area contributed by atoms with Crippen LogP contribution in [0.3, 0.4) is 0 Å². The predicted octanol–water partition coefficient (Wildman–Crippen LogP) is 3.77. The number of aryl methyl sites for hydroxylation is 1. The largest absolute Gasteiger partial charge is 0.371 e. The van der Waals surface area contributed by atoms with Gasteiger partial charge in [0.15, 0.2) is 0 Å². The van der Waals surface area contributed by atoms with Crippen LogP contribution in [0, 0.1) is 0 Å². The van der Waals surface area contributed by atoms with Crippen molar-refractivity contribution in [3.8, 4) is 11.3 Å². The molecule has 23 heavy (non-hydrogen) atoms. The number of nitrogens with zero attached hydrogens (tertiary/aromatic N) is 2. The second-order valence-corrected chi connectivity index (χ2v) is 7.03. The van der Waals surface area contributed by atoms with Crippen molar-refractivity contribution in [1.29, 1.82) is 0 Å². The van der Waals surface area contributed by atoms with Crippen molar-refractivity contribution in [2.45, 2.75) is 37.6 Å². The van der Waals surface area contributed by atoms with Gasteiger partial charge in [-0.2, -0.15) is 5.10 Å². The van der Waals surface area contributed by atoms with E-state index in [4.69, 9.17) is 5.73 Å². The number of benzene rings is 1. The van der Waals surface area contributed by atoms with Gasteiger partial charge in [-0.3, -0.25) is 15.2 Å². The van der Waals surface area contributed by atoms with Crippen molar-refractivity contribution in [1.82, 2.24) is 15.5 Å². The van der Waals surface area contributed by atoms with Crippen molar-refractivity contribution in [2.24, 2.45) is 7.05 Å². The molecule has 1 aliphatic carbocycles. The summed E-state index contributed by atoms with van der Waals surface area (Å²) in [6.07, 6.45) is 6.48. The normalized spacial score (nSPS) is 17.0. The third-order valence-electron chi connectivity index (χ3n) is 4.45. The van der Waals surface area contributed by atoms with Crippen LogP contribution in [0.4, 0.5) is 5.69 Å². The Morgan fingerprint density at radius 2 is 2.09 bits per heavy atom. The number of aromatic nitrogens is 2. The SMILES string of the molecule is Cn1cc(Br)c(-c2cccc(NC3(C([NH])=O)CCCCC3)c2)n1. The highest BCUT2D eigenvalue weighted by Crippen LogP contribution is 2.34. The first kappa shape index (κ1) is 16.1. The Morgan fingerprint density at radius 3 is 2.70 bits per heavy atom. The molecule has 6 heteroatoms. The van der Waals surface area contributed by atoms with Crippen LogP contribution in [0.15, 0.2) is 34.9 Å². The van der Waals surface area contributed by atoms with Gasteiger partial charge < -0.3 is 5.32 Å². The van der Waals surface area contributed by atoms with E-state index in [0.717, 1.165) is 53.5 Å². The van der Waals surface area contributed by atoms with Crippen molar-refractivity contribution in [2.75, 3.05) is 5.32 Å². The Balaban J connectivity index is 1.90. The fraction of sp³-hybridized carbons (Fsp3) is 0.412. The van der Waals surface area contributed by atoms with E-state index >= 15 is 0 Å². The number of hydrogen-bond acceptors (Lipinski definition) is 3. The lowest BCUT2D eigenvalue weighted by Gasteiger charge is -2.35. The minimum absolute atomic E-state index is 0.512. The number of halogens is 1. The van der Waals surface area contributed by atoms with Crippen molar-refractivity contribution in [3.63, 3.8) is 0 Å². The first-order valence-electron chi connectivity index (χ1n) is 7.84. The minimum Gasteiger partial charge on any atom is -0.371 e. The summed E-state index contributed by atoms with van der Waals surface area (Å²) in [6, 6.07) is 7.88. The molecule has 0 saturated heterocycles.